The average molecular weight is 220 g/mol. The summed E-state index contributed by atoms with van der Waals surface area (Å²) in [5.74, 6) is -0.184. The Morgan fingerprint density at radius 3 is 2.62 bits per heavy atom. The third-order valence-corrected chi connectivity index (χ3v) is 3.10. The summed E-state index contributed by atoms with van der Waals surface area (Å²) in [4.78, 5) is 11.3. The van der Waals surface area contributed by atoms with Gasteiger partial charge in [0.2, 0.25) is 5.60 Å². The van der Waals surface area contributed by atoms with Crippen molar-refractivity contribution >= 4 is 5.97 Å². The molecule has 0 aromatic heterocycles. The first-order chi connectivity index (χ1) is 7.62. The fourth-order valence-corrected chi connectivity index (χ4v) is 2.21. The van der Waals surface area contributed by atoms with Crippen molar-refractivity contribution in [2.75, 3.05) is 0 Å². The van der Waals surface area contributed by atoms with Crippen LogP contribution in [0.4, 0.5) is 0 Å². The van der Waals surface area contributed by atoms with Crippen LogP contribution in [0.25, 0.3) is 0 Å². The zero-order valence-corrected chi connectivity index (χ0v) is 9.40. The quantitative estimate of drug-likeness (QED) is 0.852. The number of carbonyl (C=O) groups is 1. The van der Waals surface area contributed by atoms with E-state index >= 15 is 0 Å². The van der Waals surface area contributed by atoms with Gasteiger partial charge in [-0.15, -0.1) is 0 Å². The molecule has 1 saturated carbocycles. The van der Waals surface area contributed by atoms with E-state index in [-0.39, 0.29) is 0 Å². The van der Waals surface area contributed by atoms with Crippen LogP contribution in [0.1, 0.15) is 31.2 Å². The molecule has 2 rings (SSSR count). The van der Waals surface area contributed by atoms with E-state index in [0.29, 0.717) is 18.6 Å². The number of aliphatic carboxylic acids is 1. The molecule has 3 heteroatoms. The molecule has 1 aromatic carbocycles. The van der Waals surface area contributed by atoms with Crippen LogP contribution >= 0.6 is 0 Å². The minimum atomic E-state index is -0.992. The Morgan fingerprint density at radius 1 is 1.38 bits per heavy atom. The summed E-state index contributed by atoms with van der Waals surface area (Å²) in [5, 5.41) is 9.27. The molecule has 1 aliphatic rings. The second-order valence-corrected chi connectivity index (χ2v) is 4.43. The highest BCUT2D eigenvalue weighted by Gasteiger charge is 2.43. The first-order valence-electron chi connectivity index (χ1n) is 5.61. The number of aryl methyl sites for hydroxylation is 1. The van der Waals surface area contributed by atoms with Gasteiger partial charge in [-0.05, 0) is 50.3 Å². The van der Waals surface area contributed by atoms with Gasteiger partial charge in [0.15, 0.2) is 0 Å². The fraction of sp³-hybridized carbons (Fsp3) is 0.462. The van der Waals surface area contributed by atoms with Crippen molar-refractivity contribution in [1.29, 1.82) is 0 Å². The van der Waals surface area contributed by atoms with Gasteiger partial charge in [-0.3, -0.25) is 0 Å². The number of benzene rings is 1. The van der Waals surface area contributed by atoms with Gasteiger partial charge in [0.25, 0.3) is 0 Å². The molecule has 1 aromatic rings. The van der Waals surface area contributed by atoms with Crippen LogP contribution in [0.5, 0.6) is 5.75 Å². The number of carboxylic acid groups (broad SMARTS) is 1. The summed E-state index contributed by atoms with van der Waals surface area (Å²) in [6.45, 7) is 1.97. The summed E-state index contributed by atoms with van der Waals surface area (Å²) in [7, 11) is 0. The van der Waals surface area contributed by atoms with E-state index in [1.807, 2.05) is 31.2 Å². The first kappa shape index (κ1) is 11.0. The fourth-order valence-electron chi connectivity index (χ4n) is 2.21. The predicted molar refractivity (Wildman–Crippen MR) is 60.6 cm³/mol. The molecular weight excluding hydrogens is 204 g/mol. The Labute approximate surface area is 95.0 Å². The summed E-state index contributed by atoms with van der Waals surface area (Å²) in [5.41, 5.74) is 0.0874. The largest absolute Gasteiger partial charge is 0.478 e. The molecule has 0 aliphatic heterocycles. The van der Waals surface area contributed by atoms with Crippen LogP contribution < -0.4 is 4.74 Å². The molecule has 0 amide bonds. The van der Waals surface area contributed by atoms with Crippen molar-refractivity contribution in [1.82, 2.24) is 0 Å². The lowest BCUT2D eigenvalue weighted by Gasteiger charge is -2.25. The smallest absolute Gasteiger partial charge is 0.348 e. The first-order valence-corrected chi connectivity index (χ1v) is 5.61. The highest BCUT2D eigenvalue weighted by Crippen LogP contribution is 2.34. The van der Waals surface area contributed by atoms with E-state index in [1.54, 1.807) is 0 Å². The number of rotatable bonds is 3. The van der Waals surface area contributed by atoms with E-state index in [4.69, 9.17) is 4.74 Å². The molecule has 1 fully saturated rings. The molecule has 0 bridgehead atoms. The number of ether oxygens (including phenoxy) is 1. The molecule has 0 unspecified atom stereocenters. The Kier molecular flexibility index (Phi) is 2.86. The molecule has 0 heterocycles. The van der Waals surface area contributed by atoms with E-state index in [2.05, 4.69) is 0 Å². The van der Waals surface area contributed by atoms with Crippen molar-refractivity contribution < 1.29 is 14.6 Å². The summed E-state index contributed by atoms with van der Waals surface area (Å²) < 4.78 is 5.71. The molecule has 0 saturated heterocycles. The van der Waals surface area contributed by atoms with Crippen LogP contribution in [-0.4, -0.2) is 16.7 Å². The van der Waals surface area contributed by atoms with Crippen molar-refractivity contribution in [2.24, 2.45) is 0 Å². The third kappa shape index (κ3) is 2.03. The van der Waals surface area contributed by atoms with Crippen LogP contribution in [0.3, 0.4) is 0 Å². The summed E-state index contributed by atoms with van der Waals surface area (Å²) in [6, 6.07) is 7.54. The van der Waals surface area contributed by atoms with Crippen LogP contribution in [0.15, 0.2) is 24.3 Å². The molecule has 86 valence electrons. The average Bonchev–Trinajstić information content (AvgIpc) is 2.67. The van der Waals surface area contributed by atoms with Crippen molar-refractivity contribution in [3.8, 4) is 5.75 Å². The van der Waals surface area contributed by atoms with E-state index in [0.717, 1.165) is 18.4 Å². The highest BCUT2D eigenvalue weighted by molar-refractivity contribution is 5.78. The lowest BCUT2D eigenvalue weighted by Crippen LogP contribution is -2.41. The van der Waals surface area contributed by atoms with Crippen LogP contribution in [0, 0.1) is 6.92 Å². The monoisotopic (exact) mass is 220 g/mol. The van der Waals surface area contributed by atoms with Gasteiger partial charge in [0.1, 0.15) is 5.75 Å². The van der Waals surface area contributed by atoms with E-state index < -0.39 is 11.6 Å². The van der Waals surface area contributed by atoms with Crippen molar-refractivity contribution in [2.45, 2.75) is 38.2 Å². The maximum Gasteiger partial charge on any atom is 0.348 e. The summed E-state index contributed by atoms with van der Waals surface area (Å²) >= 11 is 0. The Bertz CT molecular complexity index is 392. The molecule has 0 spiro atoms. The molecule has 1 aliphatic carbocycles. The van der Waals surface area contributed by atoms with Gasteiger partial charge in [0.05, 0.1) is 0 Å². The van der Waals surface area contributed by atoms with Crippen LogP contribution in [-0.2, 0) is 4.79 Å². The second kappa shape index (κ2) is 4.16. The number of hydrogen-bond acceptors (Lipinski definition) is 2. The maximum absolute atomic E-state index is 11.3. The van der Waals surface area contributed by atoms with Gasteiger partial charge in [-0.25, -0.2) is 4.79 Å². The number of hydrogen-bond donors (Lipinski definition) is 1. The van der Waals surface area contributed by atoms with Crippen molar-refractivity contribution in [3.63, 3.8) is 0 Å². The molecule has 16 heavy (non-hydrogen) atoms. The van der Waals surface area contributed by atoms with E-state index in [9.17, 15) is 9.90 Å². The second-order valence-electron chi connectivity index (χ2n) is 4.43. The van der Waals surface area contributed by atoms with Gasteiger partial charge in [0, 0.05) is 0 Å². The van der Waals surface area contributed by atoms with Gasteiger partial charge in [-0.2, -0.15) is 0 Å². The Morgan fingerprint density at radius 2 is 2.06 bits per heavy atom. The van der Waals surface area contributed by atoms with E-state index in [1.165, 1.54) is 0 Å². The lowest BCUT2D eigenvalue weighted by molar-refractivity contribution is -0.154. The van der Waals surface area contributed by atoms with Gasteiger partial charge in [-0.1, -0.05) is 12.1 Å². The van der Waals surface area contributed by atoms with Gasteiger partial charge >= 0.3 is 5.97 Å². The maximum atomic E-state index is 11.3. The molecule has 1 N–H and O–H groups in total. The molecule has 0 radical (unpaired) electrons. The van der Waals surface area contributed by atoms with Crippen LogP contribution in [0.2, 0.25) is 0 Å². The Balaban J connectivity index is 2.21. The Hall–Kier alpha value is -1.51. The lowest BCUT2D eigenvalue weighted by atomic mass is 10.0. The summed E-state index contributed by atoms with van der Waals surface area (Å²) in [6.07, 6.45) is 3.07. The minimum absolute atomic E-state index is 0.607. The normalized spacial score (nSPS) is 18.3. The third-order valence-electron chi connectivity index (χ3n) is 3.10. The molecule has 0 atom stereocenters. The zero-order valence-electron chi connectivity index (χ0n) is 9.40. The highest BCUT2D eigenvalue weighted by atomic mass is 16.5. The molecular formula is C13H16O3. The van der Waals surface area contributed by atoms with Gasteiger partial charge < -0.3 is 9.84 Å². The predicted octanol–water partition coefficient (Wildman–Crippen LogP) is 2.77. The van der Waals surface area contributed by atoms with Crippen molar-refractivity contribution in [3.05, 3.63) is 29.8 Å². The minimum Gasteiger partial charge on any atom is -0.478 e. The standard InChI is InChI=1S/C13H16O3/c1-10-5-4-6-11(9-10)16-13(12(14)15)7-2-3-8-13/h4-6,9H,2-3,7-8H2,1H3,(H,14,15). The molecule has 3 nitrogen and oxygen atoms in total. The number of carboxylic acids is 1. The topological polar surface area (TPSA) is 46.5 Å². The zero-order chi connectivity index (χ0) is 11.6. The SMILES string of the molecule is Cc1cccc(OC2(C(=O)O)CCCC2)c1.